The van der Waals surface area contributed by atoms with E-state index in [1.807, 2.05) is 0 Å². The summed E-state index contributed by atoms with van der Waals surface area (Å²) in [6.45, 7) is -0.220. The molecule has 0 heterocycles. The summed E-state index contributed by atoms with van der Waals surface area (Å²) in [6, 6.07) is 3.97. The lowest BCUT2D eigenvalue weighted by atomic mass is 10.3. The Morgan fingerprint density at radius 2 is 2.29 bits per heavy atom. The number of nitro benzene ring substituents is 1. The SMILES string of the molecule is O=CCOc1ccc(Cl)cc1[N+](=O)[O-]. The second kappa shape index (κ2) is 4.57. The van der Waals surface area contributed by atoms with Gasteiger partial charge in [0.25, 0.3) is 0 Å². The molecule has 0 aromatic heterocycles. The van der Waals surface area contributed by atoms with Crippen LogP contribution in [-0.2, 0) is 4.79 Å². The molecule has 0 atom stereocenters. The van der Waals surface area contributed by atoms with E-state index in [2.05, 4.69) is 0 Å². The van der Waals surface area contributed by atoms with Crippen molar-refractivity contribution in [2.45, 2.75) is 0 Å². The maximum Gasteiger partial charge on any atom is 0.312 e. The van der Waals surface area contributed by atoms with Crippen LogP contribution in [0.25, 0.3) is 0 Å². The molecule has 0 aliphatic carbocycles. The first-order valence-corrected chi connectivity index (χ1v) is 4.03. The van der Waals surface area contributed by atoms with E-state index in [9.17, 15) is 14.9 Å². The van der Waals surface area contributed by atoms with Gasteiger partial charge < -0.3 is 4.74 Å². The van der Waals surface area contributed by atoms with Gasteiger partial charge in [-0.1, -0.05) is 11.6 Å². The summed E-state index contributed by atoms with van der Waals surface area (Å²) < 4.78 is 4.83. The van der Waals surface area contributed by atoms with Crippen LogP contribution in [0.1, 0.15) is 0 Å². The number of hydrogen-bond donors (Lipinski definition) is 0. The molecule has 0 aliphatic heterocycles. The highest BCUT2D eigenvalue weighted by atomic mass is 35.5. The topological polar surface area (TPSA) is 69.4 Å². The molecule has 0 bridgehead atoms. The van der Waals surface area contributed by atoms with Gasteiger partial charge in [-0.2, -0.15) is 0 Å². The summed E-state index contributed by atoms with van der Waals surface area (Å²) in [5.41, 5.74) is -0.251. The molecule has 0 N–H and O–H groups in total. The van der Waals surface area contributed by atoms with E-state index >= 15 is 0 Å². The molecule has 0 aliphatic rings. The number of ether oxygens (including phenoxy) is 1. The predicted molar refractivity (Wildman–Crippen MR) is 49.7 cm³/mol. The van der Waals surface area contributed by atoms with Crippen LogP contribution in [0.4, 0.5) is 5.69 Å². The second-order valence-electron chi connectivity index (χ2n) is 2.35. The van der Waals surface area contributed by atoms with Crippen molar-refractivity contribution in [1.82, 2.24) is 0 Å². The molecule has 0 radical (unpaired) electrons. The van der Waals surface area contributed by atoms with E-state index in [0.717, 1.165) is 0 Å². The van der Waals surface area contributed by atoms with Crippen LogP contribution in [0.3, 0.4) is 0 Å². The van der Waals surface area contributed by atoms with Crippen molar-refractivity contribution in [3.05, 3.63) is 33.3 Å². The Bertz CT molecular complexity index is 366. The third kappa shape index (κ3) is 2.43. The highest BCUT2D eigenvalue weighted by molar-refractivity contribution is 6.30. The van der Waals surface area contributed by atoms with Crippen LogP contribution in [0, 0.1) is 10.1 Å². The van der Waals surface area contributed by atoms with Gasteiger partial charge in [-0.3, -0.25) is 14.9 Å². The summed E-state index contributed by atoms with van der Waals surface area (Å²) >= 11 is 5.57. The molecule has 74 valence electrons. The van der Waals surface area contributed by atoms with Crippen molar-refractivity contribution in [1.29, 1.82) is 0 Å². The Morgan fingerprint density at radius 3 is 2.86 bits per heavy atom. The highest BCUT2D eigenvalue weighted by Crippen LogP contribution is 2.29. The smallest absolute Gasteiger partial charge is 0.312 e. The normalized spacial score (nSPS) is 9.50. The fraction of sp³-hybridized carbons (Fsp3) is 0.125. The molecule has 1 rings (SSSR count). The first-order chi connectivity index (χ1) is 6.65. The number of aldehydes is 1. The minimum atomic E-state index is -0.619. The summed E-state index contributed by atoms with van der Waals surface area (Å²) in [5.74, 6) is 0.0338. The average Bonchev–Trinajstić information content (AvgIpc) is 2.15. The minimum Gasteiger partial charge on any atom is -0.479 e. The number of carbonyl (C=O) groups excluding carboxylic acids is 1. The summed E-state index contributed by atoms with van der Waals surface area (Å²) in [6.07, 6.45) is 0.512. The fourth-order valence-corrected chi connectivity index (χ4v) is 1.05. The van der Waals surface area contributed by atoms with Crippen LogP contribution < -0.4 is 4.74 Å². The Labute approximate surface area is 84.4 Å². The Kier molecular flexibility index (Phi) is 3.41. The van der Waals surface area contributed by atoms with Gasteiger partial charge in [0.1, 0.15) is 6.61 Å². The van der Waals surface area contributed by atoms with Crippen molar-refractivity contribution in [3.63, 3.8) is 0 Å². The van der Waals surface area contributed by atoms with E-state index in [-0.39, 0.29) is 23.1 Å². The number of rotatable bonds is 4. The van der Waals surface area contributed by atoms with Gasteiger partial charge in [0.15, 0.2) is 12.0 Å². The molecular weight excluding hydrogens is 210 g/mol. The molecule has 0 saturated heterocycles. The van der Waals surface area contributed by atoms with Gasteiger partial charge in [0.2, 0.25) is 0 Å². The van der Waals surface area contributed by atoms with E-state index in [1.165, 1.54) is 18.2 Å². The molecule has 0 fully saturated rings. The third-order valence-electron chi connectivity index (χ3n) is 1.42. The zero-order chi connectivity index (χ0) is 10.6. The molecule has 1 aromatic rings. The van der Waals surface area contributed by atoms with Gasteiger partial charge >= 0.3 is 5.69 Å². The van der Waals surface area contributed by atoms with Crippen molar-refractivity contribution in [2.24, 2.45) is 0 Å². The van der Waals surface area contributed by atoms with Crippen molar-refractivity contribution >= 4 is 23.6 Å². The van der Waals surface area contributed by atoms with Crippen LogP contribution >= 0.6 is 11.6 Å². The predicted octanol–water partition coefficient (Wildman–Crippen LogP) is 1.83. The quantitative estimate of drug-likeness (QED) is 0.436. The molecular formula is C8H6ClNO4. The maximum atomic E-state index is 10.5. The summed E-state index contributed by atoms with van der Waals surface area (Å²) in [5, 5.41) is 10.8. The van der Waals surface area contributed by atoms with Crippen molar-refractivity contribution < 1.29 is 14.5 Å². The van der Waals surface area contributed by atoms with E-state index in [0.29, 0.717) is 6.29 Å². The molecule has 0 amide bonds. The van der Waals surface area contributed by atoms with Gasteiger partial charge in [0.05, 0.1) is 4.92 Å². The Balaban J connectivity index is 3.01. The van der Waals surface area contributed by atoms with E-state index in [1.54, 1.807) is 0 Å². The number of nitrogens with zero attached hydrogens (tertiary/aromatic N) is 1. The molecule has 6 heteroatoms. The number of nitro groups is 1. The van der Waals surface area contributed by atoms with Crippen molar-refractivity contribution in [3.8, 4) is 5.75 Å². The lowest BCUT2D eigenvalue weighted by Crippen LogP contribution is -2.00. The fourth-order valence-electron chi connectivity index (χ4n) is 0.879. The van der Waals surface area contributed by atoms with Crippen LogP contribution in [0.2, 0.25) is 5.02 Å². The van der Waals surface area contributed by atoms with Gasteiger partial charge in [-0.25, -0.2) is 0 Å². The zero-order valence-corrected chi connectivity index (χ0v) is 7.73. The first kappa shape index (κ1) is 10.5. The maximum absolute atomic E-state index is 10.5. The minimum absolute atomic E-state index is 0.0338. The Morgan fingerprint density at radius 1 is 1.57 bits per heavy atom. The van der Waals surface area contributed by atoms with Crippen molar-refractivity contribution in [2.75, 3.05) is 6.61 Å². The number of hydrogen-bond acceptors (Lipinski definition) is 4. The monoisotopic (exact) mass is 215 g/mol. The van der Waals surface area contributed by atoms with Crippen LogP contribution in [0.5, 0.6) is 5.75 Å². The number of benzene rings is 1. The highest BCUT2D eigenvalue weighted by Gasteiger charge is 2.15. The molecule has 1 aromatic carbocycles. The van der Waals surface area contributed by atoms with Gasteiger partial charge in [0, 0.05) is 11.1 Å². The number of halogens is 1. The lowest BCUT2D eigenvalue weighted by Gasteiger charge is -2.02. The summed E-state index contributed by atoms with van der Waals surface area (Å²) in [4.78, 5) is 19.9. The number of carbonyl (C=O) groups is 1. The van der Waals surface area contributed by atoms with Crippen LogP contribution in [-0.4, -0.2) is 17.8 Å². The molecule has 14 heavy (non-hydrogen) atoms. The molecule has 0 unspecified atom stereocenters. The second-order valence-corrected chi connectivity index (χ2v) is 2.78. The van der Waals surface area contributed by atoms with Gasteiger partial charge in [-0.05, 0) is 12.1 Å². The molecule has 5 nitrogen and oxygen atoms in total. The average molecular weight is 216 g/mol. The molecule has 0 spiro atoms. The zero-order valence-electron chi connectivity index (χ0n) is 6.97. The first-order valence-electron chi connectivity index (χ1n) is 3.65. The van der Waals surface area contributed by atoms with Gasteiger partial charge in [-0.15, -0.1) is 0 Å². The molecule has 0 saturated carbocycles. The Hall–Kier alpha value is -1.62. The summed E-state index contributed by atoms with van der Waals surface area (Å²) in [7, 11) is 0. The largest absolute Gasteiger partial charge is 0.479 e. The van der Waals surface area contributed by atoms with Crippen LogP contribution in [0.15, 0.2) is 18.2 Å². The third-order valence-corrected chi connectivity index (χ3v) is 1.66. The lowest BCUT2D eigenvalue weighted by molar-refractivity contribution is -0.385. The van der Waals surface area contributed by atoms with E-state index < -0.39 is 4.92 Å². The van der Waals surface area contributed by atoms with E-state index in [4.69, 9.17) is 16.3 Å². The standard InChI is InChI=1S/C8H6ClNO4/c9-6-1-2-8(14-4-3-11)7(5-6)10(12)13/h1-3,5H,4H2.